The van der Waals surface area contributed by atoms with Gasteiger partial charge in [-0.3, -0.25) is 14.4 Å². The lowest BCUT2D eigenvalue weighted by molar-refractivity contribution is -0.167. The number of carbonyl (C=O) groups excluding carboxylic acids is 3. The fourth-order valence-electron chi connectivity index (χ4n) is 9.49. The average Bonchev–Trinajstić information content (AvgIpc) is 3.50. The number of allylic oxidation sites excluding steroid dienone is 22. The zero-order valence-electron chi connectivity index (χ0n) is 54.2. The minimum atomic E-state index is -0.796. The predicted octanol–water partition coefficient (Wildman–Crippen LogP) is 24.1. The Labute approximate surface area is 513 Å². The molecule has 0 aliphatic heterocycles. The van der Waals surface area contributed by atoms with Crippen molar-refractivity contribution in [1.29, 1.82) is 0 Å². The number of ether oxygens (including phenoxy) is 3. The van der Waals surface area contributed by atoms with Gasteiger partial charge < -0.3 is 14.2 Å². The summed E-state index contributed by atoms with van der Waals surface area (Å²) < 4.78 is 17.0. The predicted molar refractivity (Wildman–Crippen MR) is 362 cm³/mol. The van der Waals surface area contributed by atoms with E-state index in [2.05, 4.69) is 154 Å². The van der Waals surface area contributed by atoms with E-state index in [1.165, 1.54) is 135 Å². The zero-order valence-corrected chi connectivity index (χ0v) is 54.2. The third-order valence-electron chi connectivity index (χ3n) is 14.6. The lowest BCUT2D eigenvalue weighted by Crippen LogP contribution is -2.30. The molecule has 0 aliphatic carbocycles. The first-order chi connectivity index (χ1) is 41.0. The van der Waals surface area contributed by atoms with E-state index in [-0.39, 0.29) is 31.1 Å². The molecule has 0 aliphatic rings. The van der Waals surface area contributed by atoms with Crippen molar-refractivity contribution in [2.45, 2.75) is 322 Å². The summed E-state index contributed by atoms with van der Waals surface area (Å²) in [6.07, 6.45) is 98.8. The van der Waals surface area contributed by atoms with Crippen LogP contribution in [0.3, 0.4) is 0 Å². The van der Waals surface area contributed by atoms with E-state index in [1.807, 2.05) is 0 Å². The van der Waals surface area contributed by atoms with E-state index in [9.17, 15) is 14.4 Å². The molecule has 0 amide bonds. The van der Waals surface area contributed by atoms with Gasteiger partial charge in [-0.15, -0.1) is 0 Å². The van der Waals surface area contributed by atoms with E-state index in [1.54, 1.807) is 0 Å². The molecule has 83 heavy (non-hydrogen) atoms. The molecule has 0 aromatic rings. The highest BCUT2D eigenvalue weighted by Crippen LogP contribution is 2.16. The van der Waals surface area contributed by atoms with E-state index in [4.69, 9.17) is 14.2 Å². The summed E-state index contributed by atoms with van der Waals surface area (Å²) in [6.45, 7) is 6.41. The first-order valence-corrected chi connectivity index (χ1v) is 34.7. The van der Waals surface area contributed by atoms with Crippen molar-refractivity contribution in [2.24, 2.45) is 0 Å². The number of hydrogen-bond donors (Lipinski definition) is 0. The van der Waals surface area contributed by atoms with Crippen LogP contribution in [0.5, 0.6) is 0 Å². The van der Waals surface area contributed by atoms with Gasteiger partial charge in [0.05, 0.1) is 0 Å². The largest absolute Gasteiger partial charge is 0.462 e. The second-order valence-electron chi connectivity index (χ2n) is 22.7. The van der Waals surface area contributed by atoms with Gasteiger partial charge in [-0.25, -0.2) is 0 Å². The molecule has 0 spiro atoms. The summed E-state index contributed by atoms with van der Waals surface area (Å²) in [5.41, 5.74) is 0. The Morgan fingerprint density at radius 2 is 0.470 bits per heavy atom. The molecule has 0 saturated carbocycles. The summed E-state index contributed by atoms with van der Waals surface area (Å²) in [5.74, 6) is -0.906. The molecule has 0 heterocycles. The van der Waals surface area contributed by atoms with Gasteiger partial charge in [0, 0.05) is 19.3 Å². The Morgan fingerprint density at radius 1 is 0.253 bits per heavy atom. The Morgan fingerprint density at radius 3 is 0.735 bits per heavy atom. The molecule has 0 saturated heterocycles. The third-order valence-corrected chi connectivity index (χ3v) is 14.6. The molecule has 472 valence electrons. The molecule has 0 fully saturated rings. The Bertz CT molecular complexity index is 1750. The van der Waals surface area contributed by atoms with Crippen molar-refractivity contribution in [3.63, 3.8) is 0 Å². The van der Waals surface area contributed by atoms with Crippen molar-refractivity contribution in [1.82, 2.24) is 0 Å². The molecule has 0 aromatic heterocycles. The quantitative estimate of drug-likeness (QED) is 0.0261. The van der Waals surface area contributed by atoms with Crippen LogP contribution >= 0.6 is 0 Å². The van der Waals surface area contributed by atoms with Gasteiger partial charge >= 0.3 is 17.9 Å². The number of hydrogen-bond acceptors (Lipinski definition) is 6. The molecule has 0 aromatic carbocycles. The molecule has 0 rings (SSSR count). The maximum absolute atomic E-state index is 13.0. The zero-order chi connectivity index (χ0) is 59.9. The second kappa shape index (κ2) is 70.0. The van der Waals surface area contributed by atoms with E-state index in [0.29, 0.717) is 19.3 Å². The van der Waals surface area contributed by atoms with E-state index in [0.717, 1.165) is 141 Å². The van der Waals surface area contributed by atoms with Crippen molar-refractivity contribution in [3.05, 3.63) is 134 Å². The lowest BCUT2D eigenvalue weighted by Gasteiger charge is -2.18. The summed E-state index contributed by atoms with van der Waals surface area (Å²) in [7, 11) is 0. The van der Waals surface area contributed by atoms with Gasteiger partial charge in [0.25, 0.3) is 0 Å². The fraction of sp³-hybridized carbons (Fsp3) is 0.675. The summed E-state index contributed by atoms with van der Waals surface area (Å²) >= 11 is 0. The van der Waals surface area contributed by atoms with E-state index < -0.39 is 6.10 Å². The lowest BCUT2D eigenvalue weighted by atomic mass is 10.1. The topological polar surface area (TPSA) is 78.9 Å². The minimum absolute atomic E-state index is 0.0905. The summed E-state index contributed by atoms with van der Waals surface area (Å²) in [6, 6.07) is 0. The minimum Gasteiger partial charge on any atom is -0.462 e. The molecule has 6 heteroatoms. The van der Waals surface area contributed by atoms with Crippen LogP contribution < -0.4 is 0 Å². The molecular formula is C77H128O6. The molecular weight excluding hydrogens is 1020 g/mol. The van der Waals surface area contributed by atoms with E-state index >= 15 is 0 Å². The fourth-order valence-corrected chi connectivity index (χ4v) is 9.49. The third kappa shape index (κ3) is 68.2. The van der Waals surface area contributed by atoms with Crippen molar-refractivity contribution in [3.8, 4) is 0 Å². The normalized spacial score (nSPS) is 13.0. The number of unbranched alkanes of at least 4 members (excludes halogenated alkanes) is 29. The number of rotatable bonds is 62. The van der Waals surface area contributed by atoms with Crippen LogP contribution in [0.15, 0.2) is 134 Å². The molecule has 6 nitrogen and oxygen atoms in total. The number of esters is 3. The van der Waals surface area contributed by atoms with Crippen molar-refractivity contribution in [2.75, 3.05) is 13.2 Å². The smallest absolute Gasteiger partial charge is 0.306 e. The van der Waals surface area contributed by atoms with Gasteiger partial charge in [0.1, 0.15) is 13.2 Å². The van der Waals surface area contributed by atoms with Crippen LogP contribution in [-0.2, 0) is 28.6 Å². The Balaban J connectivity index is 4.43. The van der Waals surface area contributed by atoms with Crippen LogP contribution in [-0.4, -0.2) is 37.2 Å². The first-order valence-electron chi connectivity index (χ1n) is 34.7. The van der Waals surface area contributed by atoms with Crippen LogP contribution in [0.1, 0.15) is 316 Å². The van der Waals surface area contributed by atoms with Crippen molar-refractivity contribution >= 4 is 17.9 Å². The standard InChI is InChI=1S/C77H128O6/c1-4-7-10-13-16-19-22-25-28-31-34-36-37-38-39-41-43-46-49-52-55-58-61-64-67-70-76(79)82-73-74(72-81-75(78)69-66-63-60-57-54-51-48-45-42-33-30-27-24-21-18-15-12-9-6-3)83-77(80)71-68-65-62-59-56-53-50-47-44-40-35-32-29-26-23-20-17-14-11-8-5-2/h7,9-10,12,16,18-19,21,23,25-28,30,32,34-36,38-39,42,45,74H,4-6,8,11,13-15,17,20,22,24,29,31,33,37,40-41,43-44,46-73H2,1-3H3/b10-7-,12-9-,19-16-,21-18-,26-23-,28-25-,30-27-,35-32-,36-34-,39-38-,45-42-. The van der Waals surface area contributed by atoms with Crippen LogP contribution in [0, 0.1) is 0 Å². The molecule has 1 unspecified atom stereocenters. The molecule has 0 N–H and O–H groups in total. The SMILES string of the molecule is CC/C=C\C/C=C\C/C=C\C/C=C\C/C=C\CCCCCCCCCCCC(=O)OCC(COC(=O)CCCCCCCC/C=C\C/C=C\C/C=C\C/C=C\CC)OC(=O)CCCCCCCCCCC/C=C\C/C=C\CCCCCCC. The maximum atomic E-state index is 13.0. The van der Waals surface area contributed by atoms with Crippen LogP contribution in [0.25, 0.3) is 0 Å². The second-order valence-corrected chi connectivity index (χ2v) is 22.7. The van der Waals surface area contributed by atoms with Gasteiger partial charge in [-0.05, 0) is 135 Å². The summed E-state index contributed by atoms with van der Waals surface area (Å²) in [5, 5.41) is 0. The van der Waals surface area contributed by atoms with Crippen LogP contribution in [0.2, 0.25) is 0 Å². The van der Waals surface area contributed by atoms with Gasteiger partial charge in [0.15, 0.2) is 6.10 Å². The highest BCUT2D eigenvalue weighted by molar-refractivity contribution is 5.71. The molecule has 1 atom stereocenters. The van der Waals surface area contributed by atoms with Crippen molar-refractivity contribution < 1.29 is 28.6 Å². The number of carbonyl (C=O) groups is 3. The van der Waals surface area contributed by atoms with Gasteiger partial charge in [-0.1, -0.05) is 296 Å². The maximum Gasteiger partial charge on any atom is 0.306 e. The monoisotopic (exact) mass is 1150 g/mol. The Hall–Kier alpha value is -4.45. The summed E-state index contributed by atoms with van der Waals surface area (Å²) in [4.78, 5) is 38.5. The highest BCUT2D eigenvalue weighted by Gasteiger charge is 2.19. The van der Waals surface area contributed by atoms with Crippen LogP contribution in [0.4, 0.5) is 0 Å². The van der Waals surface area contributed by atoms with Gasteiger partial charge in [-0.2, -0.15) is 0 Å². The highest BCUT2D eigenvalue weighted by atomic mass is 16.6. The average molecular weight is 1150 g/mol. The molecule has 0 bridgehead atoms. The molecule has 0 radical (unpaired) electrons. The first kappa shape index (κ1) is 78.5. The Kier molecular flexibility index (Phi) is 66.3. The van der Waals surface area contributed by atoms with Gasteiger partial charge in [0.2, 0.25) is 0 Å².